The van der Waals surface area contributed by atoms with Gasteiger partial charge in [-0.15, -0.1) is 0 Å². The van der Waals surface area contributed by atoms with Crippen LogP contribution in [0.5, 0.6) is 0 Å². The molecule has 0 radical (unpaired) electrons. The molecule has 0 fully saturated rings. The zero-order valence-electron chi connectivity index (χ0n) is 39.5. The molecule has 13 aromatic rings. The molecule has 0 aliphatic heterocycles. The van der Waals surface area contributed by atoms with Gasteiger partial charge < -0.3 is 9.32 Å². The van der Waals surface area contributed by atoms with Crippen LogP contribution in [0.4, 0.5) is 17.1 Å². The second-order valence-electron chi connectivity index (χ2n) is 18.4. The summed E-state index contributed by atoms with van der Waals surface area (Å²) < 4.78 is 6.82. The molecule has 2 heteroatoms. The molecule has 2 nitrogen and oxygen atoms in total. The molecule has 338 valence electrons. The van der Waals surface area contributed by atoms with Crippen LogP contribution in [0.1, 0.15) is 0 Å². The van der Waals surface area contributed by atoms with Gasteiger partial charge in [-0.3, -0.25) is 0 Å². The highest BCUT2D eigenvalue weighted by molar-refractivity contribution is 6.17. The van der Waals surface area contributed by atoms with Crippen molar-refractivity contribution in [1.82, 2.24) is 0 Å². The summed E-state index contributed by atoms with van der Waals surface area (Å²) in [6.45, 7) is 0. The molecule has 0 spiro atoms. The lowest BCUT2D eigenvalue weighted by Gasteiger charge is -2.27. The van der Waals surface area contributed by atoms with Gasteiger partial charge in [-0.25, -0.2) is 0 Å². The van der Waals surface area contributed by atoms with Crippen LogP contribution in [0.15, 0.2) is 290 Å². The molecule has 0 unspecified atom stereocenters. The SMILES string of the molecule is c1ccc(-c2ccc(-c3ccccc3-c3ccc(N(c4ccc(-c5ccc(-c6cccc7ccccc67)cc5)cc4)c4ccc(-c5ccccc5)c5oc6ccccc6c45)cc3)c(-c3ccccc3)c2)cc1. The van der Waals surface area contributed by atoms with Gasteiger partial charge >= 0.3 is 0 Å². The summed E-state index contributed by atoms with van der Waals surface area (Å²) in [7, 11) is 0. The molecule has 0 aliphatic carbocycles. The van der Waals surface area contributed by atoms with Crippen LogP contribution < -0.4 is 4.90 Å². The molecule has 0 N–H and O–H groups in total. The Balaban J connectivity index is 0.924. The van der Waals surface area contributed by atoms with Crippen molar-refractivity contribution in [2.45, 2.75) is 0 Å². The van der Waals surface area contributed by atoms with Crippen molar-refractivity contribution in [3.05, 3.63) is 285 Å². The molecule has 0 saturated carbocycles. The molecule has 0 bridgehead atoms. The predicted molar refractivity (Wildman–Crippen MR) is 304 cm³/mol. The Morgan fingerprint density at radius 3 is 1.38 bits per heavy atom. The van der Waals surface area contributed by atoms with Crippen LogP contribution in [0, 0.1) is 0 Å². The van der Waals surface area contributed by atoms with Gasteiger partial charge in [0.2, 0.25) is 0 Å². The predicted octanol–water partition coefficient (Wildman–Crippen LogP) is 19.9. The average Bonchev–Trinajstić information content (AvgIpc) is 3.86. The molecule has 13 rings (SSSR count). The number of benzene rings is 12. The smallest absolute Gasteiger partial charge is 0.145 e. The topological polar surface area (TPSA) is 16.4 Å². The van der Waals surface area contributed by atoms with E-state index in [1.807, 2.05) is 0 Å². The molecule has 0 saturated heterocycles. The van der Waals surface area contributed by atoms with E-state index in [-0.39, 0.29) is 0 Å². The largest absolute Gasteiger partial charge is 0.455 e. The van der Waals surface area contributed by atoms with Gasteiger partial charge in [-0.2, -0.15) is 0 Å². The Morgan fingerprint density at radius 1 is 0.250 bits per heavy atom. The zero-order chi connectivity index (χ0) is 47.8. The maximum absolute atomic E-state index is 6.82. The molecule has 12 aromatic carbocycles. The van der Waals surface area contributed by atoms with E-state index in [0.29, 0.717) is 0 Å². The van der Waals surface area contributed by atoms with Crippen molar-refractivity contribution in [1.29, 1.82) is 0 Å². The van der Waals surface area contributed by atoms with Gasteiger partial charge in [0.1, 0.15) is 11.2 Å². The van der Waals surface area contributed by atoms with Crippen LogP contribution >= 0.6 is 0 Å². The fourth-order valence-corrected chi connectivity index (χ4v) is 10.6. The number of furan rings is 1. The third-order valence-corrected chi connectivity index (χ3v) is 14.1. The summed E-state index contributed by atoms with van der Waals surface area (Å²) in [5.74, 6) is 0. The van der Waals surface area contributed by atoms with E-state index in [9.17, 15) is 0 Å². The maximum atomic E-state index is 6.82. The lowest BCUT2D eigenvalue weighted by atomic mass is 9.87. The van der Waals surface area contributed by atoms with Crippen LogP contribution in [0.3, 0.4) is 0 Å². The average molecular weight is 918 g/mol. The number of fused-ring (bicyclic) bond motifs is 4. The zero-order valence-corrected chi connectivity index (χ0v) is 39.5. The van der Waals surface area contributed by atoms with Crippen LogP contribution in [-0.2, 0) is 0 Å². The number of para-hydroxylation sites is 1. The number of hydrogen-bond donors (Lipinski definition) is 0. The van der Waals surface area contributed by atoms with Crippen LogP contribution in [-0.4, -0.2) is 0 Å². The Morgan fingerprint density at radius 2 is 0.681 bits per heavy atom. The van der Waals surface area contributed by atoms with Crippen LogP contribution in [0.25, 0.3) is 111 Å². The van der Waals surface area contributed by atoms with Gasteiger partial charge in [0.15, 0.2) is 0 Å². The van der Waals surface area contributed by atoms with Crippen LogP contribution in [0.2, 0.25) is 0 Å². The molecule has 0 amide bonds. The minimum atomic E-state index is 0.859. The Labute approximate surface area is 420 Å². The summed E-state index contributed by atoms with van der Waals surface area (Å²) in [5.41, 5.74) is 21.3. The van der Waals surface area contributed by atoms with Crippen molar-refractivity contribution >= 4 is 49.8 Å². The Bertz CT molecular complexity index is 4040. The maximum Gasteiger partial charge on any atom is 0.145 e. The Kier molecular flexibility index (Phi) is 10.9. The summed E-state index contributed by atoms with van der Waals surface area (Å²) in [6, 6.07) is 103. The standard InChI is InChI=1S/C70H47NO/c1-4-17-48(18-5-1)56-39-44-64(66(47-56)53-21-8-3-9-22-53)63-27-13-12-26-61(63)55-37-42-58(43-38-55)71(67-46-45-62(52-19-6-2-7-20-52)70-69(67)65-28-14-15-30-68(65)72-70)57-40-35-50(36-41-57)49-31-33-54(34-32-49)60-29-16-24-51-23-10-11-25-59(51)60/h1-47H. The van der Waals surface area contributed by atoms with E-state index in [4.69, 9.17) is 4.42 Å². The van der Waals surface area contributed by atoms with Crippen molar-refractivity contribution in [2.75, 3.05) is 4.90 Å². The molecule has 1 heterocycles. The van der Waals surface area contributed by atoms with E-state index in [0.717, 1.165) is 61.3 Å². The molecule has 0 atom stereocenters. The first kappa shape index (κ1) is 42.6. The van der Waals surface area contributed by atoms with E-state index >= 15 is 0 Å². The summed E-state index contributed by atoms with van der Waals surface area (Å²) in [5, 5.41) is 4.65. The number of hydrogen-bond acceptors (Lipinski definition) is 2. The van der Waals surface area contributed by atoms with Crippen molar-refractivity contribution in [3.8, 4) is 77.9 Å². The number of anilines is 3. The lowest BCUT2D eigenvalue weighted by Crippen LogP contribution is -2.10. The normalized spacial score (nSPS) is 11.3. The summed E-state index contributed by atoms with van der Waals surface area (Å²) in [4.78, 5) is 2.39. The minimum Gasteiger partial charge on any atom is -0.455 e. The summed E-state index contributed by atoms with van der Waals surface area (Å²) >= 11 is 0. The van der Waals surface area contributed by atoms with Crippen molar-refractivity contribution in [2.24, 2.45) is 0 Å². The molecule has 72 heavy (non-hydrogen) atoms. The van der Waals surface area contributed by atoms with Gasteiger partial charge in [-0.05, 0) is 132 Å². The first-order valence-corrected chi connectivity index (χ1v) is 24.7. The third kappa shape index (κ3) is 7.82. The minimum absolute atomic E-state index is 0.859. The quantitative estimate of drug-likeness (QED) is 0.136. The first-order chi connectivity index (χ1) is 35.7. The first-order valence-electron chi connectivity index (χ1n) is 24.7. The van der Waals surface area contributed by atoms with E-state index in [1.165, 1.54) is 66.4 Å². The summed E-state index contributed by atoms with van der Waals surface area (Å²) in [6.07, 6.45) is 0. The highest BCUT2D eigenvalue weighted by Gasteiger charge is 2.23. The fraction of sp³-hybridized carbons (Fsp3) is 0. The second kappa shape index (κ2) is 18.4. The van der Waals surface area contributed by atoms with Gasteiger partial charge in [-0.1, -0.05) is 237 Å². The molecule has 1 aromatic heterocycles. The second-order valence-corrected chi connectivity index (χ2v) is 18.4. The molecular formula is C70H47NO. The van der Waals surface area contributed by atoms with E-state index < -0.39 is 0 Å². The van der Waals surface area contributed by atoms with Gasteiger partial charge in [0.05, 0.1) is 11.1 Å². The number of rotatable bonds is 10. The van der Waals surface area contributed by atoms with Gasteiger partial charge in [0.25, 0.3) is 0 Å². The highest BCUT2D eigenvalue weighted by atomic mass is 16.3. The lowest BCUT2D eigenvalue weighted by molar-refractivity contribution is 0.670. The monoisotopic (exact) mass is 917 g/mol. The molecule has 0 aliphatic rings. The molecular weight excluding hydrogens is 871 g/mol. The third-order valence-electron chi connectivity index (χ3n) is 14.1. The van der Waals surface area contributed by atoms with Gasteiger partial charge in [0, 0.05) is 22.3 Å². The Hall–Kier alpha value is -9.50. The van der Waals surface area contributed by atoms with E-state index in [1.54, 1.807) is 0 Å². The number of nitrogens with zero attached hydrogens (tertiary/aromatic N) is 1. The highest BCUT2D eigenvalue weighted by Crippen LogP contribution is 2.47. The van der Waals surface area contributed by atoms with E-state index in [2.05, 4.69) is 290 Å². The van der Waals surface area contributed by atoms with Crippen molar-refractivity contribution < 1.29 is 4.42 Å². The van der Waals surface area contributed by atoms with Crippen molar-refractivity contribution in [3.63, 3.8) is 0 Å². The fourth-order valence-electron chi connectivity index (χ4n) is 10.6.